The van der Waals surface area contributed by atoms with Gasteiger partial charge in [0.25, 0.3) is 0 Å². The summed E-state index contributed by atoms with van der Waals surface area (Å²) in [5.41, 5.74) is 0.811. The molecule has 17 heavy (non-hydrogen) atoms. The van der Waals surface area contributed by atoms with Gasteiger partial charge in [-0.25, -0.2) is 0 Å². The number of hydrogen-bond donors (Lipinski definition) is 0. The Balaban J connectivity index is 2.92. The Bertz CT molecular complexity index is 382. The lowest BCUT2D eigenvalue weighted by molar-refractivity contribution is 0.0536. The maximum atomic E-state index is 12.6. The van der Waals surface area contributed by atoms with Gasteiger partial charge in [-0.3, -0.25) is 4.79 Å². The Kier molecular flexibility index (Phi) is 4.46. The monoisotopic (exact) mass is 261 g/mol. The van der Waals surface area contributed by atoms with E-state index < -0.39 is 11.2 Å². The van der Waals surface area contributed by atoms with Gasteiger partial charge in [-0.2, -0.15) is 8.78 Å². The molecule has 0 amide bonds. The normalized spacial score (nSPS) is 11.4. The zero-order valence-electron chi connectivity index (χ0n) is 9.71. The summed E-state index contributed by atoms with van der Waals surface area (Å²) in [6.07, 6.45) is 0. The number of Topliss-reactive ketones (excluding diaryl/α,β-unsaturated/α-hetero) is 1. The highest BCUT2D eigenvalue weighted by molar-refractivity contribution is 6.35. The van der Waals surface area contributed by atoms with Crippen LogP contribution in [-0.2, 0) is 0 Å². The van der Waals surface area contributed by atoms with E-state index in [0.29, 0.717) is 0 Å². The van der Waals surface area contributed by atoms with Crippen molar-refractivity contribution >= 4 is 23.1 Å². The third-order valence-electron chi connectivity index (χ3n) is 2.52. The second-order valence-electron chi connectivity index (χ2n) is 3.55. The Morgan fingerprint density at radius 2 is 1.71 bits per heavy atom. The predicted molar refractivity (Wildman–Crippen MR) is 65.1 cm³/mol. The zero-order valence-corrected chi connectivity index (χ0v) is 10.5. The summed E-state index contributed by atoms with van der Waals surface area (Å²) >= 11 is 4.68. The first kappa shape index (κ1) is 13.9. The van der Waals surface area contributed by atoms with Gasteiger partial charge in [-0.1, -0.05) is 0 Å². The average Bonchev–Trinajstić information content (AvgIpc) is 2.29. The highest BCUT2D eigenvalue weighted by atomic mass is 35.5. The molecule has 1 rings (SSSR count). The number of carbonyl (C=O) groups excluding carboxylic acids is 1. The SMILES string of the molecule is CCN(CC)c1ccc(C(=O)C(F)(F)Cl)cc1. The number of halogens is 3. The second kappa shape index (κ2) is 5.45. The fraction of sp³-hybridized carbons (Fsp3) is 0.417. The van der Waals surface area contributed by atoms with Crippen molar-refractivity contribution in [2.45, 2.75) is 19.2 Å². The van der Waals surface area contributed by atoms with Crippen molar-refractivity contribution in [2.75, 3.05) is 18.0 Å². The summed E-state index contributed by atoms with van der Waals surface area (Å²) in [5.74, 6) is -1.37. The Morgan fingerprint density at radius 3 is 2.06 bits per heavy atom. The van der Waals surface area contributed by atoms with E-state index in [1.54, 1.807) is 12.1 Å². The van der Waals surface area contributed by atoms with Crippen molar-refractivity contribution in [2.24, 2.45) is 0 Å². The van der Waals surface area contributed by atoms with Crippen molar-refractivity contribution in [3.63, 3.8) is 0 Å². The minimum atomic E-state index is -3.84. The number of benzene rings is 1. The van der Waals surface area contributed by atoms with E-state index in [1.165, 1.54) is 12.1 Å². The van der Waals surface area contributed by atoms with Gasteiger partial charge in [0.2, 0.25) is 5.78 Å². The molecule has 0 bridgehead atoms. The van der Waals surface area contributed by atoms with Gasteiger partial charge in [0, 0.05) is 24.3 Å². The Hall–Kier alpha value is -1.16. The van der Waals surface area contributed by atoms with Gasteiger partial charge in [-0.15, -0.1) is 0 Å². The third-order valence-corrected chi connectivity index (χ3v) is 2.69. The minimum absolute atomic E-state index is 0.0825. The summed E-state index contributed by atoms with van der Waals surface area (Å²) in [6, 6.07) is 6.02. The molecule has 0 aliphatic heterocycles. The lowest BCUT2D eigenvalue weighted by atomic mass is 10.1. The van der Waals surface area contributed by atoms with Crippen LogP contribution in [0, 0.1) is 0 Å². The molecule has 0 radical (unpaired) electrons. The van der Waals surface area contributed by atoms with Crippen molar-refractivity contribution in [1.82, 2.24) is 0 Å². The van der Waals surface area contributed by atoms with Crippen LogP contribution in [0.2, 0.25) is 0 Å². The highest BCUT2D eigenvalue weighted by Gasteiger charge is 2.36. The van der Waals surface area contributed by atoms with E-state index in [2.05, 4.69) is 11.6 Å². The van der Waals surface area contributed by atoms with Crippen molar-refractivity contribution < 1.29 is 13.6 Å². The molecule has 2 nitrogen and oxygen atoms in total. The first-order chi connectivity index (χ1) is 7.90. The number of hydrogen-bond acceptors (Lipinski definition) is 2. The quantitative estimate of drug-likeness (QED) is 0.597. The summed E-state index contributed by atoms with van der Waals surface area (Å²) in [4.78, 5) is 13.2. The second-order valence-corrected chi connectivity index (χ2v) is 4.02. The van der Waals surface area contributed by atoms with Crippen LogP contribution in [0.15, 0.2) is 24.3 Å². The third kappa shape index (κ3) is 3.40. The van der Waals surface area contributed by atoms with Crippen LogP contribution in [-0.4, -0.2) is 24.3 Å². The maximum absolute atomic E-state index is 12.6. The van der Waals surface area contributed by atoms with Crippen LogP contribution in [0.4, 0.5) is 14.5 Å². The molecule has 94 valence electrons. The van der Waals surface area contributed by atoms with Crippen LogP contribution in [0.25, 0.3) is 0 Å². The lowest BCUT2D eigenvalue weighted by Gasteiger charge is -2.21. The lowest BCUT2D eigenvalue weighted by Crippen LogP contribution is -2.23. The van der Waals surface area contributed by atoms with Gasteiger partial charge in [0.1, 0.15) is 0 Å². The van der Waals surface area contributed by atoms with Crippen molar-refractivity contribution in [3.05, 3.63) is 29.8 Å². The first-order valence-electron chi connectivity index (χ1n) is 5.36. The average molecular weight is 262 g/mol. The fourth-order valence-electron chi connectivity index (χ4n) is 1.58. The molecular weight excluding hydrogens is 248 g/mol. The molecule has 0 aromatic heterocycles. The molecule has 0 spiro atoms. The van der Waals surface area contributed by atoms with E-state index in [9.17, 15) is 13.6 Å². The van der Waals surface area contributed by atoms with E-state index in [4.69, 9.17) is 0 Å². The standard InChI is InChI=1S/C12H14ClF2NO/c1-3-16(4-2)10-7-5-9(6-8-10)11(17)12(13,14)15/h5-8H,3-4H2,1-2H3. The number of carbonyl (C=O) groups is 1. The van der Waals surface area contributed by atoms with E-state index in [0.717, 1.165) is 18.8 Å². The molecule has 0 fully saturated rings. The molecule has 0 aliphatic rings. The molecule has 1 aromatic rings. The molecule has 0 unspecified atom stereocenters. The van der Waals surface area contributed by atoms with E-state index in [1.807, 2.05) is 18.7 Å². The first-order valence-corrected chi connectivity index (χ1v) is 5.74. The highest BCUT2D eigenvalue weighted by Crippen LogP contribution is 2.25. The Labute approximate surface area is 104 Å². The predicted octanol–water partition coefficient (Wildman–Crippen LogP) is 3.55. The van der Waals surface area contributed by atoms with Gasteiger partial charge >= 0.3 is 5.38 Å². The van der Waals surface area contributed by atoms with Gasteiger partial charge in [0.15, 0.2) is 0 Å². The van der Waals surface area contributed by atoms with E-state index >= 15 is 0 Å². The smallest absolute Gasteiger partial charge is 0.372 e. The van der Waals surface area contributed by atoms with E-state index in [-0.39, 0.29) is 5.56 Å². The summed E-state index contributed by atoms with van der Waals surface area (Å²) < 4.78 is 25.2. The van der Waals surface area contributed by atoms with Gasteiger partial charge < -0.3 is 4.90 Å². The molecule has 0 N–H and O–H groups in total. The van der Waals surface area contributed by atoms with Crippen molar-refractivity contribution in [3.8, 4) is 0 Å². The number of ketones is 1. The molecule has 5 heteroatoms. The van der Waals surface area contributed by atoms with Crippen LogP contribution in [0.1, 0.15) is 24.2 Å². The summed E-state index contributed by atoms with van der Waals surface area (Å²) in [7, 11) is 0. The van der Waals surface area contributed by atoms with Gasteiger partial charge in [-0.05, 0) is 49.7 Å². The number of rotatable bonds is 5. The topological polar surface area (TPSA) is 20.3 Å². The number of nitrogens with zero attached hydrogens (tertiary/aromatic N) is 1. The van der Waals surface area contributed by atoms with Gasteiger partial charge in [0.05, 0.1) is 0 Å². The largest absolute Gasteiger partial charge is 0.384 e. The van der Waals surface area contributed by atoms with Crippen molar-refractivity contribution in [1.29, 1.82) is 0 Å². The molecule has 0 saturated carbocycles. The zero-order chi connectivity index (χ0) is 13.1. The van der Waals surface area contributed by atoms with Crippen LogP contribution in [0.5, 0.6) is 0 Å². The molecule has 0 heterocycles. The number of anilines is 1. The molecular formula is C12H14ClF2NO. The maximum Gasteiger partial charge on any atom is 0.384 e. The summed E-state index contributed by atoms with van der Waals surface area (Å²) in [5, 5.41) is -3.84. The number of alkyl halides is 3. The van der Waals surface area contributed by atoms with Crippen LogP contribution < -0.4 is 4.90 Å². The molecule has 0 aliphatic carbocycles. The Morgan fingerprint density at radius 1 is 1.24 bits per heavy atom. The fourth-order valence-corrected chi connectivity index (χ4v) is 1.69. The molecule has 1 aromatic carbocycles. The van der Waals surface area contributed by atoms with Crippen LogP contribution >= 0.6 is 11.6 Å². The molecule has 0 atom stereocenters. The summed E-state index contributed by atoms with van der Waals surface area (Å²) in [6.45, 7) is 5.62. The minimum Gasteiger partial charge on any atom is -0.372 e. The molecule has 0 saturated heterocycles. The van der Waals surface area contributed by atoms with Crippen LogP contribution in [0.3, 0.4) is 0 Å².